The molecular formula is C28H25N3O4. The van der Waals surface area contributed by atoms with Crippen LogP contribution in [0.1, 0.15) is 31.4 Å². The predicted molar refractivity (Wildman–Crippen MR) is 134 cm³/mol. The van der Waals surface area contributed by atoms with Gasteiger partial charge in [0.25, 0.3) is 11.8 Å². The summed E-state index contributed by atoms with van der Waals surface area (Å²) in [5.74, 6) is 0.478. The van der Waals surface area contributed by atoms with Crippen LogP contribution in [0.25, 0.3) is 5.57 Å². The molecular weight excluding hydrogens is 442 g/mol. The zero-order valence-corrected chi connectivity index (χ0v) is 19.6. The van der Waals surface area contributed by atoms with Gasteiger partial charge in [-0.1, -0.05) is 19.1 Å². The fraction of sp³-hybridized carbons (Fsp3) is 0.179. The first-order valence-electron chi connectivity index (χ1n) is 11.4. The molecule has 0 bridgehead atoms. The molecule has 2 amide bonds. The van der Waals surface area contributed by atoms with Gasteiger partial charge in [0, 0.05) is 5.69 Å². The standard InChI is InChI=1S/C28H25N3O4/c1-3-17-35-24-13-7-20(8-14-24)25-26(30-21-9-15-23(16-10-21)34-4-2)28(33)31(27(25)32)22-11-5-19(18-29)6-12-22/h5-16,30H,3-4,17H2,1-2H3. The molecule has 1 aliphatic heterocycles. The molecule has 0 unspecified atom stereocenters. The number of imide groups is 1. The molecule has 176 valence electrons. The normalized spacial score (nSPS) is 13.1. The van der Waals surface area contributed by atoms with Crippen molar-refractivity contribution in [1.29, 1.82) is 5.26 Å². The molecule has 0 saturated carbocycles. The summed E-state index contributed by atoms with van der Waals surface area (Å²) in [6, 6.07) is 22.7. The summed E-state index contributed by atoms with van der Waals surface area (Å²) in [6.45, 7) is 5.07. The van der Waals surface area contributed by atoms with Gasteiger partial charge in [-0.25, -0.2) is 4.90 Å². The number of hydrogen-bond donors (Lipinski definition) is 1. The van der Waals surface area contributed by atoms with E-state index in [2.05, 4.69) is 5.32 Å². The quantitative estimate of drug-likeness (QED) is 0.438. The molecule has 4 rings (SSSR count). The molecule has 0 aromatic heterocycles. The maximum atomic E-state index is 13.6. The van der Waals surface area contributed by atoms with E-state index in [1.165, 1.54) is 0 Å². The highest BCUT2D eigenvalue weighted by Crippen LogP contribution is 2.34. The van der Waals surface area contributed by atoms with Crippen molar-refractivity contribution in [2.24, 2.45) is 0 Å². The molecule has 0 radical (unpaired) electrons. The Morgan fingerprint density at radius 1 is 0.829 bits per heavy atom. The van der Waals surface area contributed by atoms with Crippen molar-refractivity contribution in [3.8, 4) is 17.6 Å². The number of amides is 2. The van der Waals surface area contributed by atoms with E-state index in [0.717, 1.165) is 11.3 Å². The third-order valence-electron chi connectivity index (χ3n) is 5.39. The highest BCUT2D eigenvalue weighted by Gasteiger charge is 2.40. The van der Waals surface area contributed by atoms with E-state index < -0.39 is 11.8 Å². The maximum absolute atomic E-state index is 13.6. The Hall–Kier alpha value is -4.57. The monoisotopic (exact) mass is 467 g/mol. The first-order valence-corrected chi connectivity index (χ1v) is 11.4. The zero-order valence-electron chi connectivity index (χ0n) is 19.6. The van der Waals surface area contributed by atoms with Gasteiger partial charge in [0.2, 0.25) is 0 Å². The van der Waals surface area contributed by atoms with Gasteiger partial charge in [-0.3, -0.25) is 9.59 Å². The largest absolute Gasteiger partial charge is 0.494 e. The molecule has 35 heavy (non-hydrogen) atoms. The highest BCUT2D eigenvalue weighted by atomic mass is 16.5. The third-order valence-corrected chi connectivity index (χ3v) is 5.39. The lowest BCUT2D eigenvalue weighted by Crippen LogP contribution is -2.32. The molecule has 0 saturated heterocycles. The lowest BCUT2D eigenvalue weighted by Gasteiger charge is -2.15. The van der Waals surface area contributed by atoms with E-state index in [0.29, 0.717) is 47.2 Å². The van der Waals surface area contributed by atoms with Crippen molar-refractivity contribution in [1.82, 2.24) is 0 Å². The minimum absolute atomic E-state index is 0.172. The fourth-order valence-electron chi connectivity index (χ4n) is 3.72. The van der Waals surface area contributed by atoms with Gasteiger partial charge in [0.05, 0.1) is 36.1 Å². The van der Waals surface area contributed by atoms with Gasteiger partial charge in [-0.15, -0.1) is 0 Å². The molecule has 0 spiro atoms. The summed E-state index contributed by atoms with van der Waals surface area (Å²) < 4.78 is 11.1. The fourth-order valence-corrected chi connectivity index (χ4v) is 3.72. The van der Waals surface area contributed by atoms with Crippen LogP contribution in [-0.2, 0) is 9.59 Å². The lowest BCUT2D eigenvalue weighted by atomic mass is 10.0. The van der Waals surface area contributed by atoms with Gasteiger partial charge in [0.1, 0.15) is 17.2 Å². The van der Waals surface area contributed by atoms with Crippen LogP contribution in [-0.4, -0.2) is 25.0 Å². The van der Waals surface area contributed by atoms with Crippen LogP contribution >= 0.6 is 0 Å². The van der Waals surface area contributed by atoms with E-state index in [1.807, 2.05) is 19.9 Å². The Kier molecular flexibility index (Phi) is 7.12. The summed E-state index contributed by atoms with van der Waals surface area (Å²) in [4.78, 5) is 28.2. The number of nitriles is 1. The summed E-state index contributed by atoms with van der Waals surface area (Å²) in [7, 11) is 0. The van der Waals surface area contributed by atoms with Crippen molar-refractivity contribution >= 4 is 28.8 Å². The first kappa shape index (κ1) is 23.6. The Bertz CT molecular complexity index is 1290. The van der Waals surface area contributed by atoms with Gasteiger partial charge in [0.15, 0.2) is 0 Å². The SMILES string of the molecule is CCCOc1ccc(C2=C(Nc3ccc(OCC)cc3)C(=O)N(c3ccc(C#N)cc3)C2=O)cc1. The molecule has 7 nitrogen and oxygen atoms in total. The molecule has 0 aliphatic carbocycles. The molecule has 1 aliphatic rings. The summed E-state index contributed by atoms with van der Waals surface area (Å²) in [5, 5.41) is 12.2. The second kappa shape index (κ2) is 10.6. The van der Waals surface area contributed by atoms with Crippen LogP contribution in [0, 0.1) is 11.3 Å². The van der Waals surface area contributed by atoms with E-state index in [-0.39, 0.29) is 11.3 Å². The molecule has 1 N–H and O–H groups in total. The van der Waals surface area contributed by atoms with Crippen LogP contribution < -0.4 is 19.7 Å². The van der Waals surface area contributed by atoms with Crippen LogP contribution in [0.2, 0.25) is 0 Å². The average molecular weight is 468 g/mol. The number of benzene rings is 3. The van der Waals surface area contributed by atoms with Crippen LogP contribution in [0.4, 0.5) is 11.4 Å². The number of nitrogens with zero attached hydrogens (tertiary/aromatic N) is 2. The van der Waals surface area contributed by atoms with Crippen LogP contribution in [0.5, 0.6) is 11.5 Å². The summed E-state index contributed by atoms with van der Waals surface area (Å²) in [5.41, 5.74) is 2.50. The molecule has 7 heteroatoms. The molecule has 0 fully saturated rings. The Morgan fingerprint density at radius 3 is 2.06 bits per heavy atom. The molecule has 1 heterocycles. The number of hydrogen-bond acceptors (Lipinski definition) is 6. The number of nitrogens with one attached hydrogen (secondary N) is 1. The van der Waals surface area contributed by atoms with Gasteiger partial charge >= 0.3 is 0 Å². The van der Waals surface area contributed by atoms with Crippen molar-refractivity contribution < 1.29 is 19.1 Å². The molecule has 3 aromatic carbocycles. The second-order valence-corrected chi connectivity index (χ2v) is 7.81. The van der Waals surface area contributed by atoms with Crippen molar-refractivity contribution in [3.05, 3.63) is 89.6 Å². The second-order valence-electron chi connectivity index (χ2n) is 7.81. The summed E-state index contributed by atoms with van der Waals surface area (Å²) >= 11 is 0. The number of rotatable bonds is 9. The minimum atomic E-state index is -0.477. The van der Waals surface area contributed by atoms with E-state index in [1.54, 1.807) is 72.8 Å². The Morgan fingerprint density at radius 2 is 1.46 bits per heavy atom. The number of anilines is 2. The topological polar surface area (TPSA) is 91.7 Å². The van der Waals surface area contributed by atoms with Gasteiger partial charge in [-0.05, 0) is 79.6 Å². The summed E-state index contributed by atoms with van der Waals surface area (Å²) in [6.07, 6.45) is 0.885. The predicted octanol–water partition coefficient (Wildman–Crippen LogP) is 5.14. The smallest absolute Gasteiger partial charge is 0.282 e. The molecule has 0 atom stereocenters. The lowest BCUT2D eigenvalue weighted by molar-refractivity contribution is -0.120. The Balaban J connectivity index is 1.72. The highest BCUT2D eigenvalue weighted by molar-refractivity contribution is 6.46. The maximum Gasteiger partial charge on any atom is 0.282 e. The van der Waals surface area contributed by atoms with Gasteiger partial charge in [-0.2, -0.15) is 5.26 Å². The van der Waals surface area contributed by atoms with E-state index >= 15 is 0 Å². The van der Waals surface area contributed by atoms with E-state index in [9.17, 15) is 9.59 Å². The zero-order chi connectivity index (χ0) is 24.8. The van der Waals surface area contributed by atoms with E-state index in [4.69, 9.17) is 14.7 Å². The van der Waals surface area contributed by atoms with Gasteiger partial charge < -0.3 is 14.8 Å². The van der Waals surface area contributed by atoms with Crippen LogP contribution in [0.3, 0.4) is 0 Å². The van der Waals surface area contributed by atoms with Crippen molar-refractivity contribution in [2.75, 3.05) is 23.4 Å². The average Bonchev–Trinajstić information content (AvgIpc) is 3.13. The number of carbonyl (C=O) groups is 2. The minimum Gasteiger partial charge on any atom is -0.494 e. The van der Waals surface area contributed by atoms with Crippen LogP contribution in [0.15, 0.2) is 78.5 Å². The van der Waals surface area contributed by atoms with Crippen molar-refractivity contribution in [2.45, 2.75) is 20.3 Å². The third kappa shape index (κ3) is 5.02. The first-order chi connectivity index (χ1) is 17.0. The van der Waals surface area contributed by atoms with Crippen molar-refractivity contribution in [3.63, 3.8) is 0 Å². The number of carbonyl (C=O) groups excluding carboxylic acids is 2. The number of ether oxygens (including phenoxy) is 2. The Labute approximate surface area is 204 Å². The molecule has 3 aromatic rings.